The van der Waals surface area contributed by atoms with Crippen LogP contribution in [0.3, 0.4) is 0 Å². The van der Waals surface area contributed by atoms with E-state index in [-0.39, 0.29) is 17.3 Å². The summed E-state index contributed by atoms with van der Waals surface area (Å²) in [4.78, 5) is 0. The van der Waals surface area contributed by atoms with Crippen molar-refractivity contribution >= 4 is 9.84 Å². The molecule has 96 valence electrons. The Balaban J connectivity index is 2.18. The molecule has 3 N–H and O–H groups in total. The Kier molecular flexibility index (Phi) is 4.76. The molecule has 1 aliphatic heterocycles. The average molecular weight is 248 g/mol. The molecule has 0 spiro atoms. The van der Waals surface area contributed by atoms with Gasteiger partial charge in [0.2, 0.25) is 0 Å². The van der Waals surface area contributed by atoms with Gasteiger partial charge in [0.05, 0.1) is 11.5 Å². The summed E-state index contributed by atoms with van der Waals surface area (Å²) in [5.74, 6) is 0.615. The van der Waals surface area contributed by atoms with Gasteiger partial charge in [-0.25, -0.2) is 8.42 Å². The van der Waals surface area contributed by atoms with Crippen molar-refractivity contribution < 1.29 is 8.42 Å². The molecular formula is C11H24N2O2S. The second-order valence-corrected chi connectivity index (χ2v) is 7.49. The number of hydrogen-bond acceptors (Lipinski definition) is 4. The third kappa shape index (κ3) is 4.80. The van der Waals surface area contributed by atoms with Gasteiger partial charge in [-0.05, 0) is 39.7 Å². The minimum atomic E-state index is -2.79. The molecule has 4 nitrogen and oxygen atoms in total. The third-order valence-corrected chi connectivity index (χ3v) is 5.04. The van der Waals surface area contributed by atoms with Crippen LogP contribution in [0.2, 0.25) is 0 Å². The minimum absolute atomic E-state index is 0.201. The smallest absolute Gasteiger partial charge is 0.152 e. The van der Waals surface area contributed by atoms with Crippen molar-refractivity contribution in [3.8, 4) is 0 Å². The summed E-state index contributed by atoms with van der Waals surface area (Å²) in [5.41, 5.74) is 5.46. The first-order valence-corrected chi connectivity index (χ1v) is 7.86. The highest BCUT2D eigenvalue weighted by atomic mass is 32.2. The lowest BCUT2D eigenvalue weighted by atomic mass is 10.0. The molecule has 2 atom stereocenters. The molecule has 1 fully saturated rings. The zero-order valence-corrected chi connectivity index (χ0v) is 11.1. The number of hydrogen-bond donors (Lipinski definition) is 2. The van der Waals surface area contributed by atoms with Gasteiger partial charge in [0.25, 0.3) is 0 Å². The Morgan fingerprint density at radius 1 is 1.44 bits per heavy atom. The molecule has 1 saturated heterocycles. The Morgan fingerprint density at radius 3 is 2.62 bits per heavy atom. The van der Waals surface area contributed by atoms with E-state index in [0.29, 0.717) is 5.75 Å². The fourth-order valence-electron chi connectivity index (χ4n) is 2.13. The molecule has 5 heteroatoms. The molecular weight excluding hydrogens is 224 g/mol. The van der Waals surface area contributed by atoms with Crippen molar-refractivity contribution in [1.29, 1.82) is 0 Å². The maximum Gasteiger partial charge on any atom is 0.152 e. The van der Waals surface area contributed by atoms with E-state index in [0.717, 1.165) is 32.2 Å². The van der Waals surface area contributed by atoms with Gasteiger partial charge in [0, 0.05) is 11.6 Å². The largest absolute Gasteiger partial charge is 0.328 e. The van der Waals surface area contributed by atoms with E-state index in [9.17, 15) is 8.42 Å². The minimum Gasteiger partial charge on any atom is -0.328 e. The van der Waals surface area contributed by atoms with E-state index in [1.165, 1.54) is 0 Å². The van der Waals surface area contributed by atoms with Crippen LogP contribution in [0.25, 0.3) is 0 Å². The van der Waals surface area contributed by atoms with Crippen LogP contribution < -0.4 is 11.1 Å². The van der Waals surface area contributed by atoms with E-state index in [1.54, 1.807) is 0 Å². The van der Waals surface area contributed by atoms with Gasteiger partial charge in [-0.2, -0.15) is 0 Å². The van der Waals surface area contributed by atoms with E-state index in [4.69, 9.17) is 5.73 Å². The summed E-state index contributed by atoms with van der Waals surface area (Å²) in [6, 6.07) is 0.266. The van der Waals surface area contributed by atoms with Crippen LogP contribution in [0.15, 0.2) is 0 Å². The zero-order chi connectivity index (χ0) is 12.2. The summed E-state index contributed by atoms with van der Waals surface area (Å²) in [6.07, 6.45) is 3.95. The van der Waals surface area contributed by atoms with Gasteiger partial charge in [0.1, 0.15) is 0 Å². The van der Waals surface area contributed by atoms with Crippen molar-refractivity contribution in [2.24, 2.45) is 5.73 Å². The Labute approximate surface area is 98.9 Å². The summed E-state index contributed by atoms with van der Waals surface area (Å²) in [5, 5.41) is 3.37. The predicted octanol–water partition coefficient (Wildman–Crippen LogP) is 0.671. The van der Waals surface area contributed by atoms with Crippen LogP contribution in [-0.2, 0) is 9.84 Å². The summed E-state index contributed by atoms with van der Waals surface area (Å²) < 4.78 is 22.7. The Bertz CT molecular complexity index is 314. The van der Waals surface area contributed by atoms with E-state index >= 15 is 0 Å². The van der Waals surface area contributed by atoms with Crippen LogP contribution in [0.4, 0.5) is 0 Å². The SMILES string of the molecule is CC(N)CCCCNC1(C)CCS(=O)(=O)C1. The molecule has 0 saturated carbocycles. The van der Waals surface area contributed by atoms with Crippen LogP contribution in [-0.4, -0.2) is 38.0 Å². The molecule has 0 amide bonds. The van der Waals surface area contributed by atoms with Gasteiger partial charge in [-0.3, -0.25) is 0 Å². The van der Waals surface area contributed by atoms with E-state index in [1.807, 2.05) is 13.8 Å². The fraction of sp³-hybridized carbons (Fsp3) is 1.00. The third-order valence-electron chi connectivity index (χ3n) is 3.14. The van der Waals surface area contributed by atoms with Gasteiger partial charge in [0.15, 0.2) is 9.84 Å². The van der Waals surface area contributed by atoms with Gasteiger partial charge >= 0.3 is 0 Å². The molecule has 0 aliphatic carbocycles. The maximum atomic E-state index is 11.4. The highest BCUT2D eigenvalue weighted by molar-refractivity contribution is 7.91. The van der Waals surface area contributed by atoms with Crippen molar-refractivity contribution in [1.82, 2.24) is 5.32 Å². The molecule has 0 aromatic rings. The molecule has 0 radical (unpaired) electrons. The molecule has 1 aliphatic rings. The first-order valence-electron chi connectivity index (χ1n) is 6.04. The molecule has 2 unspecified atom stereocenters. The lowest BCUT2D eigenvalue weighted by Gasteiger charge is -2.23. The topological polar surface area (TPSA) is 72.2 Å². The molecule has 1 heterocycles. The zero-order valence-electron chi connectivity index (χ0n) is 10.3. The predicted molar refractivity (Wildman–Crippen MR) is 67.2 cm³/mol. The van der Waals surface area contributed by atoms with Crippen molar-refractivity contribution in [2.45, 2.75) is 51.1 Å². The summed E-state index contributed by atoms with van der Waals surface area (Å²) in [7, 11) is -2.79. The van der Waals surface area contributed by atoms with Gasteiger partial charge < -0.3 is 11.1 Å². The lowest BCUT2D eigenvalue weighted by molar-refractivity contribution is 0.389. The summed E-state index contributed by atoms with van der Waals surface area (Å²) >= 11 is 0. The Hall–Kier alpha value is -0.130. The first kappa shape index (κ1) is 13.9. The standard InChI is InChI=1S/C11H24N2O2S/c1-10(12)5-3-4-7-13-11(2)6-8-16(14,15)9-11/h10,13H,3-9,12H2,1-2H3. The summed E-state index contributed by atoms with van der Waals surface area (Å²) in [6.45, 7) is 4.90. The number of nitrogens with one attached hydrogen (secondary N) is 1. The maximum absolute atomic E-state index is 11.4. The quantitative estimate of drug-likeness (QED) is 0.678. The van der Waals surface area contributed by atoms with Crippen LogP contribution in [0.5, 0.6) is 0 Å². The highest BCUT2D eigenvalue weighted by Gasteiger charge is 2.37. The van der Waals surface area contributed by atoms with Gasteiger partial charge in [-0.15, -0.1) is 0 Å². The van der Waals surface area contributed by atoms with Crippen LogP contribution >= 0.6 is 0 Å². The number of unbranched alkanes of at least 4 members (excludes halogenated alkanes) is 1. The second kappa shape index (κ2) is 5.47. The van der Waals surface area contributed by atoms with Crippen molar-refractivity contribution in [3.05, 3.63) is 0 Å². The molecule has 1 rings (SSSR count). The second-order valence-electron chi connectivity index (χ2n) is 5.30. The van der Waals surface area contributed by atoms with E-state index in [2.05, 4.69) is 5.32 Å². The highest BCUT2D eigenvalue weighted by Crippen LogP contribution is 2.22. The molecule has 16 heavy (non-hydrogen) atoms. The monoisotopic (exact) mass is 248 g/mol. The molecule has 0 aromatic heterocycles. The fourth-order valence-corrected chi connectivity index (χ4v) is 4.25. The first-order chi connectivity index (χ1) is 7.33. The van der Waals surface area contributed by atoms with Crippen LogP contribution in [0.1, 0.15) is 39.5 Å². The molecule has 0 bridgehead atoms. The van der Waals surface area contributed by atoms with Crippen molar-refractivity contribution in [2.75, 3.05) is 18.1 Å². The van der Waals surface area contributed by atoms with Crippen molar-refractivity contribution in [3.63, 3.8) is 0 Å². The van der Waals surface area contributed by atoms with Crippen LogP contribution in [0, 0.1) is 0 Å². The van der Waals surface area contributed by atoms with Gasteiger partial charge in [-0.1, -0.05) is 6.42 Å². The number of rotatable bonds is 6. The Morgan fingerprint density at radius 2 is 2.12 bits per heavy atom. The normalized spacial score (nSPS) is 30.4. The number of sulfone groups is 1. The van der Waals surface area contributed by atoms with E-state index < -0.39 is 9.84 Å². The number of nitrogens with two attached hydrogens (primary N) is 1. The molecule has 0 aromatic carbocycles. The lowest BCUT2D eigenvalue weighted by Crippen LogP contribution is -2.43. The average Bonchev–Trinajstić information content (AvgIpc) is 2.40.